The van der Waals surface area contributed by atoms with Gasteiger partial charge in [-0.15, -0.1) is 0 Å². The lowest BCUT2D eigenvalue weighted by Crippen LogP contribution is -1.94. The molecule has 0 fully saturated rings. The molecule has 0 atom stereocenters. The summed E-state index contributed by atoms with van der Waals surface area (Å²) in [4.78, 5) is 0. The van der Waals surface area contributed by atoms with E-state index in [0.717, 1.165) is 16.5 Å². The Bertz CT molecular complexity index is 251. The van der Waals surface area contributed by atoms with E-state index in [1.165, 1.54) is 0 Å². The molecular weight excluding hydrogens is 202 g/mol. The van der Waals surface area contributed by atoms with Crippen LogP contribution in [0.2, 0.25) is 0 Å². The Hall–Kier alpha value is -0.630. The lowest BCUT2D eigenvalue weighted by atomic mass is 10.1. The minimum absolute atomic E-state index is 0.692. The van der Waals surface area contributed by atoms with Crippen LogP contribution >= 0.6 is 15.9 Å². The maximum atomic E-state index is 7.53. The van der Waals surface area contributed by atoms with E-state index in [0.29, 0.717) is 5.71 Å². The minimum atomic E-state index is 0.692. The van der Waals surface area contributed by atoms with E-state index in [9.17, 15) is 0 Å². The zero-order chi connectivity index (χ0) is 8.27. The van der Waals surface area contributed by atoms with Crippen molar-refractivity contribution in [2.45, 2.75) is 13.3 Å². The molecule has 0 spiro atoms. The molecule has 1 nitrogen and oxygen atoms in total. The summed E-state index contributed by atoms with van der Waals surface area (Å²) >= 11 is 3.35. The molecule has 0 amide bonds. The van der Waals surface area contributed by atoms with Crippen LogP contribution in [0.15, 0.2) is 28.7 Å². The fourth-order valence-electron chi connectivity index (χ4n) is 0.855. The number of benzene rings is 1. The van der Waals surface area contributed by atoms with Crippen LogP contribution in [0, 0.1) is 5.41 Å². The Balaban J connectivity index is 2.90. The Morgan fingerprint density at radius 1 is 1.36 bits per heavy atom. The van der Waals surface area contributed by atoms with Crippen LogP contribution in [-0.4, -0.2) is 5.71 Å². The monoisotopic (exact) mass is 211 g/mol. The summed E-state index contributed by atoms with van der Waals surface area (Å²) in [6, 6.07) is 7.82. The van der Waals surface area contributed by atoms with Gasteiger partial charge < -0.3 is 5.41 Å². The molecule has 0 saturated carbocycles. The highest BCUT2D eigenvalue weighted by molar-refractivity contribution is 9.10. The van der Waals surface area contributed by atoms with Crippen LogP contribution in [0.3, 0.4) is 0 Å². The highest BCUT2D eigenvalue weighted by Crippen LogP contribution is 2.11. The molecule has 1 aromatic carbocycles. The second-order valence-electron chi connectivity index (χ2n) is 2.34. The van der Waals surface area contributed by atoms with Crippen molar-refractivity contribution in [3.8, 4) is 0 Å². The SMILES string of the molecule is CCC(=N)c1ccc(Br)cc1. The first kappa shape index (κ1) is 8.47. The fourth-order valence-corrected chi connectivity index (χ4v) is 1.12. The number of hydrogen-bond acceptors (Lipinski definition) is 1. The summed E-state index contributed by atoms with van der Waals surface area (Å²) < 4.78 is 1.06. The third-order valence-electron chi connectivity index (χ3n) is 1.55. The summed E-state index contributed by atoms with van der Waals surface area (Å²) in [5.74, 6) is 0. The molecule has 0 heterocycles. The van der Waals surface area contributed by atoms with Crippen molar-refractivity contribution in [3.63, 3.8) is 0 Å². The van der Waals surface area contributed by atoms with Gasteiger partial charge in [-0.2, -0.15) is 0 Å². The van der Waals surface area contributed by atoms with Gasteiger partial charge in [0.15, 0.2) is 0 Å². The Kier molecular flexibility index (Phi) is 2.83. The topological polar surface area (TPSA) is 23.9 Å². The van der Waals surface area contributed by atoms with Gasteiger partial charge >= 0.3 is 0 Å². The van der Waals surface area contributed by atoms with Gasteiger partial charge in [-0.3, -0.25) is 0 Å². The Labute approximate surface area is 75.1 Å². The Morgan fingerprint density at radius 2 is 1.91 bits per heavy atom. The van der Waals surface area contributed by atoms with Crippen LogP contribution in [-0.2, 0) is 0 Å². The second kappa shape index (κ2) is 3.67. The predicted octanol–water partition coefficient (Wildman–Crippen LogP) is 3.23. The fraction of sp³-hybridized carbons (Fsp3) is 0.222. The molecule has 0 radical (unpaired) electrons. The van der Waals surface area contributed by atoms with Gasteiger partial charge in [-0.05, 0) is 24.1 Å². The van der Waals surface area contributed by atoms with Crippen LogP contribution in [0.25, 0.3) is 0 Å². The normalized spacial score (nSPS) is 9.64. The average Bonchev–Trinajstić information content (AvgIpc) is 2.05. The van der Waals surface area contributed by atoms with Crippen molar-refractivity contribution in [1.82, 2.24) is 0 Å². The summed E-state index contributed by atoms with van der Waals surface area (Å²) in [5, 5.41) is 7.53. The first-order valence-electron chi connectivity index (χ1n) is 3.57. The first-order valence-corrected chi connectivity index (χ1v) is 4.36. The van der Waals surface area contributed by atoms with Gasteiger partial charge in [0.2, 0.25) is 0 Å². The third-order valence-corrected chi connectivity index (χ3v) is 2.07. The molecule has 0 bridgehead atoms. The number of halogens is 1. The molecule has 1 N–H and O–H groups in total. The van der Waals surface area contributed by atoms with E-state index in [2.05, 4.69) is 15.9 Å². The maximum absolute atomic E-state index is 7.53. The van der Waals surface area contributed by atoms with Crippen molar-refractivity contribution >= 4 is 21.6 Å². The summed E-state index contributed by atoms with van der Waals surface area (Å²) in [7, 11) is 0. The molecule has 2 heteroatoms. The summed E-state index contributed by atoms with van der Waals surface area (Å²) in [5.41, 5.74) is 1.70. The summed E-state index contributed by atoms with van der Waals surface area (Å²) in [6.45, 7) is 1.99. The van der Waals surface area contributed by atoms with E-state index < -0.39 is 0 Å². The standard InChI is InChI=1S/C9H10BrN/c1-2-9(11)7-3-5-8(10)6-4-7/h3-6,11H,2H2,1H3. The molecule has 0 aliphatic heterocycles. The number of rotatable bonds is 2. The molecule has 0 unspecified atom stereocenters. The predicted molar refractivity (Wildman–Crippen MR) is 51.3 cm³/mol. The van der Waals surface area contributed by atoms with Crippen molar-refractivity contribution in [1.29, 1.82) is 5.41 Å². The molecule has 1 aromatic rings. The zero-order valence-corrected chi connectivity index (χ0v) is 7.98. The first-order chi connectivity index (χ1) is 5.24. The van der Waals surface area contributed by atoms with Gasteiger partial charge in [0.05, 0.1) is 0 Å². The lowest BCUT2D eigenvalue weighted by molar-refractivity contribution is 1.24. The number of nitrogens with one attached hydrogen (secondary N) is 1. The van der Waals surface area contributed by atoms with Crippen molar-refractivity contribution < 1.29 is 0 Å². The van der Waals surface area contributed by atoms with Crippen molar-refractivity contribution in [3.05, 3.63) is 34.3 Å². The lowest BCUT2D eigenvalue weighted by Gasteiger charge is -1.99. The molecule has 58 valence electrons. The zero-order valence-electron chi connectivity index (χ0n) is 6.39. The molecule has 1 rings (SSSR count). The van der Waals surface area contributed by atoms with Crippen LogP contribution in [0.1, 0.15) is 18.9 Å². The Morgan fingerprint density at radius 3 is 2.36 bits per heavy atom. The van der Waals surface area contributed by atoms with Gasteiger partial charge in [0, 0.05) is 10.2 Å². The van der Waals surface area contributed by atoms with E-state index in [4.69, 9.17) is 5.41 Å². The highest BCUT2D eigenvalue weighted by atomic mass is 79.9. The van der Waals surface area contributed by atoms with E-state index in [-0.39, 0.29) is 0 Å². The van der Waals surface area contributed by atoms with Crippen LogP contribution in [0.4, 0.5) is 0 Å². The quantitative estimate of drug-likeness (QED) is 0.727. The molecule has 11 heavy (non-hydrogen) atoms. The molecular formula is C9H10BrN. The van der Waals surface area contributed by atoms with Gasteiger partial charge in [0.1, 0.15) is 0 Å². The van der Waals surface area contributed by atoms with Crippen LogP contribution < -0.4 is 0 Å². The summed E-state index contributed by atoms with van der Waals surface area (Å²) in [6.07, 6.45) is 0.793. The maximum Gasteiger partial charge on any atom is 0.0383 e. The van der Waals surface area contributed by atoms with Crippen molar-refractivity contribution in [2.75, 3.05) is 0 Å². The smallest absolute Gasteiger partial charge is 0.0383 e. The van der Waals surface area contributed by atoms with E-state index in [1.807, 2.05) is 31.2 Å². The second-order valence-corrected chi connectivity index (χ2v) is 3.25. The minimum Gasteiger partial charge on any atom is -0.305 e. The van der Waals surface area contributed by atoms with Crippen LogP contribution in [0.5, 0.6) is 0 Å². The number of hydrogen-bond donors (Lipinski definition) is 1. The third kappa shape index (κ3) is 2.15. The molecule has 0 aliphatic carbocycles. The van der Waals surface area contributed by atoms with Gasteiger partial charge in [0.25, 0.3) is 0 Å². The largest absolute Gasteiger partial charge is 0.305 e. The highest BCUT2D eigenvalue weighted by Gasteiger charge is 1.96. The molecule has 0 aromatic heterocycles. The molecule has 0 saturated heterocycles. The van der Waals surface area contributed by atoms with Gasteiger partial charge in [-0.25, -0.2) is 0 Å². The van der Waals surface area contributed by atoms with Crippen molar-refractivity contribution in [2.24, 2.45) is 0 Å². The average molecular weight is 212 g/mol. The molecule has 0 aliphatic rings. The van der Waals surface area contributed by atoms with Gasteiger partial charge in [-0.1, -0.05) is 35.0 Å². The van der Waals surface area contributed by atoms with E-state index in [1.54, 1.807) is 0 Å². The van der Waals surface area contributed by atoms with E-state index >= 15 is 0 Å².